The quantitative estimate of drug-likeness (QED) is 0.412. The summed E-state index contributed by atoms with van der Waals surface area (Å²) in [6, 6.07) is 4.42. The Hall–Kier alpha value is -1.40. The lowest BCUT2D eigenvalue weighted by Crippen LogP contribution is -2.14. The van der Waals surface area contributed by atoms with E-state index in [-0.39, 0.29) is 10.7 Å². The average molecular weight is 242 g/mol. The van der Waals surface area contributed by atoms with Crippen molar-refractivity contribution in [1.29, 1.82) is 5.41 Å². The fraction of sp³-hybridized carbons (Fsp3) is 0.300. The predicted octanol–water partition coefficient (Wildman–Crippen LogP) is 1.34. The molecule has 0 spiro atoms. The minimum Gasteiger partial charge on any atom is -0.493 e. The van der Waals surface area contributed by atoms with Crippen LogP contribution in [0.2, 0.25) is 0 Å². The zero-order chi connectivity index (χ0) is 12.1. The van der Waals surface area contributed by atoms with Crippen molar-refractivity contribution >= 4 is 16.9 Å². The minimum atomic E-state index is -2.08. The molecule has 1 aromatic carbocycles. The Kier molecular flexibility index (Phi) is 4.45. The first-order chi connectivity index (χ1) is 7.56. The van der Waals surface area contributed by atoms with Gasteiger partial charge >= 0.3 is 0 Å². The summed E-state index contributed by atoms with van der Waals surface area (Å²) in [5, 5.41) is 7.37. The van der Waals surface area contributed by atoms with Crippen LogP contribution in [-0.4, -0.2) is 21.2 Å². The molecule has 0 heterocycles. The van der Waals surface area contributed by atoms with Crippen molar-refractivity contribution in [2.75, 3.05) is 6.61 Å². The summed E-state index contributed by atoms with van der Waals surface area (Å²) < 4.78 is 25.2. The molecule has 1 rings (SSSR count). The van der Waals surface area contributed by atoms with Crippen molar-refractivity contribution in [2.45, 2.75) is 18.2 Å². The highest BCUT2D eigenvalue weighted by atomic mass is 32.2. The molecule has 0 aromatic heterocycles. The number of nitrogens with one attached hydrogen (secondary N) is 1. The fourth-order valence-electron chi connectivity index (χ4n) is 1.17. The lowest BCUT2D eigenvalue weighted by molar-refractivity contribution is 0.316. The highest BCUT2D eigenvalue weighted by Crippen LogP contribution is 2.21. The number of nitrogens with two attached hydrogens (primary N) is 1. The van der Waals surface area contributed by atoms with Crippen LogP contribution in [0.3, 0.4) is 0 Å². The molecule has 88 valence electrons. The summed E-state index contributed by atoms with van der Waals surface area (Å²) in [7, 11) is 0. The second-order valence-electron chi connectivity index (χ2n) is 3.17. The lowest BCUT2D eigenvalue weighted by Gasteiger charge is -2.10. The Morgan fingerprint density at radius 2 is 2.31 bits per heavy atom. The van der Waals surface area contributed by atoms with Crippen LogP contribution < -0.4 is 10.5 Å². The third kappa shape index (κ3) is 3.04. The summed E-state index contributed by atoms with van der Waals surface area (Å²) in [5.41, 5.74) is 5.72. The molecular formula is C10H14N2O3S. The molecule has 1 unspecified atom stereocenters. The van der Waals surface area contributed by atoms with E-state index >= 15 is 0 Å². The molecule has 5 nitrogen and oxygen atoms in total. The van der Waals surface area contributed by atoms with Crippen molar-refractivity contribution in [3.05, 3.63) is 23.8 Å². The maximum Gasteiger partial charge on any atom is 0.186 e. The average Bonchev–Trinajstić information content (AvgIpc) is 2.25. The first-order valence-electron chi connectivity index (χ1n) is 4.78. The molecule has 0 radical (unpaired) electrons. The SMILES string of the molecule is CCCOc1ccc(S(=O)O)cc1C(=N)N. The van der Waals surface area contributed by atoms with Gasteiger partial charge in [-0.15, -0.1) is 0 Å². The number of hydrogen-bond donors (Lipinski definition) is 3. The van der Waals surface area contributed by atoms with Gasteiger partial charge in [-0.1, -0.05) is 6.92 Å². The number of nitrogen functional groups attached to an aromatic ring is 1. The van der Waals surface area contributed by atoms with Gasteiger partial charge in [-0.3, -0.25) is 5.41 Å². The van der Waals surface area contributed by atoms with Gasteiger partial charge in [-0.25, -0.2) is 4.21 Å². The molecule has 0 fully saturated rings. The maximum absolute atomic E-state index is 10.9. The number of rotatable bonds is 5. The highest BCUT2D eigenvalue weighted by molar-refractivity contribution is 7.79. The van der Waals surface area contributed by atoms with E-state index in [1.165, 1.54) is 12.1 Å². The first kappa shape index (κ1) is 12.7. The van der Waals surface area contributed by atoms with E-state index in [4.69, 9.17) is 20.4 Å². The van der Waals surface area contributed by atoms with Crippen LogP contribution in [0.4, 0.5) is 0 Å². The molecule has 0 bridgehead atoms. The van der Waals surface area contributed by atoms with Crippen molar-refractivity contribution in [2.24, 2.45) is 5.73 Å². The van der Waals surface area contributed by atoms with Crippen LogP contribution in [0.5, 0.6) is 5.75 Å². The monoisotopic (exact) mass is 242 g/mol. The molecule has 1 atom stereocenters. The van der Waals surface area contributed by atoms with Gasteiger partial charge < -0.3 is 15.0 Å². The van der Waals surface area contributed by atoms with Crippen LogP contribution in [0.15, 0.2) is 23.1 Å². The molecule has 1 aromatic rings. The zero-order valence-electron chi connectivity index (χ0n) is 8.90. The first-order valence-corrected chi connectivity index (χ1v) is 5.89. The lowest BCUT2D eigenvalue weighted by atomic mass is 10.2. The smallest absolute Gasteiger partial charge is 0.186 e. The Bertz CT molecular complexity index is 421. The Labute approximate surface area is 96.4 Å². The van der Waals surface area contributed by atoms with Gasteiger partial charge in [-0.2, -0.15) is 0 Å². The van der Waals surface area contributed by atoms with Gasteiger partial charge in [0.15, 0.2) is 11.1 Å². The summed E-state index contributed by atoms with van der Waals surface area (Å²) in [6.45, 7) is 2.48. The van der Waals surface area contributed by atoms with E-state index in [0.29, 0.717) is 17.9 Å². The van der Waals surface area contributed by atoms with Gasteiger partial charge in [0.1, 0.15) is 11.6 Å². The van der Waals surface area contributed by atoms with Gasteiger partial charge in [-0.05, 0) is 24.6 Å². The second-order valence-corrected chi connectivity index (χ2v) is 4.14. The van der Waals surface area contributed by atoms with Crippen LogP contribution in [-0.2, 0) is 11.1 Å². The number of amidine groups is 1. The Morgan fingerprint density at radius 1 is 1.62 bits per heavy atom. The number of ether oxygens (including phenoxy) is 1. The fourth-order valence-corrected chi connectivity index (χ4v) is 1.57. The third-order valence-corrected chi connectivity index (χ3v) is 2.56. The van der Waals surface area contributed by atoms with E-state index in [1.54, 1.807) is 6.07 Å². The largest absolute Gasteiger partial charge is 0.493 e. The molecular weight excluding hydrogens is 228 g/mol. The van der Waals surface area contributed by atoms with Crippen LogP contribution in [0.25, 0.3) is 0 Å². The van der Waals surface area contributed by atoms with Crippen molar-refractivity contribution in [1.82, 2.24) is 0 Å². The van der Waals surface area contributed by atoms with Gasteiger partial charge in [0.05, 0.1) is 17.1 Å². The van der Waals surface area contributed by atoms with Crippen molar-refractivity contribution < 1.29 is 13.5 Å². The Morgan fingerprint density at radius 3 is 2.81 bits per heavy atom. The van der Waals surface area contributed by atoms with Crippen LogP contribution in [0, 0.1) is 5.41 Å². The minimum absolute atomic E-state index is 0.182. The van der Waals surface area contributed by atoms with Gasteiger partial charge in [0.25, 0.3) is 0 Å². The second kappa shape index (κ2) is 5.62. The van der Waals surface area contributed by atoms with E-state index in [1.807, 2.05) is 6.92 Å². The predicted molar refractivity (Wildman–Crippen MR) is 62.3 cm³/mol. The number of hydrogen-bond acceptors (Lipinski definition) is 3. The topological polar surface area (TPSA) is 96.4 Å². The van der Waals surface area contributed by atoms with Crippen LogP contribution >= 0.6 is 0 Å². The third-order valence-electron chi connectivity index (χ3n) is 1.90. The van der Waals surface area contributed by atoms with E-state index in [9.17, 15) is 4.21 Å². The molecule has 0 aliphatic heterocycles. The Balaban J connectivity index is 3.09. The van der Waals surface area contributed by atoms with E-state index in [0.717, 1.165) is 6.42 Å². The molecule has 0 saturated heterocycles. The maximum atomic E-state index is 10.9. The summed E-state index contributed by atoms with van der Waals surface area (Å²) >= 11 is -2.08. The summed E-state index contributed by atoms with van der Waals surface area (Å²) in [6.07, 6.45) is 0.838. The van der Waals surface area contributed by atoms with E-state index < -0.39 is 11.1 Å². The molecule has 0 saturated carbocycles. The normalized spacial score (nSPS) is 12.1. The molecule has 4 N–H and O–H groups in total. The zero-order valence-corrected chi connectivity index (χ0v) is 9.71. The van der Waals surface area contributed by atoms with Gasteiger partial charge in [0, 0.05) is 0 Å². The standard InChI is InChI=1S/C10H14N2O3S/c1-2-5-15-9-4-3-7(16(13)14)6-8(9)10(11)12/h3-4,6H,2,5H2,1H3,(H3,11,12)(H,13,14). The molecule has 0 aliphatic carbocycles. The van der Waals surface area contributed by atoms with Crippen LogP contribution in [0.1, 0.15) is 18.9 Å². The highest BCUT2D eigenvalue weighted by Gasteiger charge is 2.10. The molecule has 0 aliphatic rings. The van der Waals surface area contributed by atoms with E-state index in [2.05, 4.69) is 0 Å². The molecule has 6 heteroatoms. The summed E-state index contributed by atoms with van der Waals surface area (Å²) in [4.78, 5) is 0.203. The van der Waals surface area contributed by atoms with Gasteiger partial charge in [0.2, 0.25) is 0 Å². The number of benzene rings is 1. The molecule has 0 amide bonds. The van der Waals surface area contributed by atoms with Crippen molar-refractivity contribution in [3.63, 3.8) is 0 Å². The molecule has 16 heavy (non-hydrogen) atoms. The summed E-state index contributed by atoms with van der Waals surface area (Å²) in [5.74, 6) is 0.280. The van der Waals surface area contributed by atoms with Crippen molar-refractivity contribution in [3.8, 4) is 5.75 Å².